The Kier molecular flexibility index (Phi) is 3.17. The van der Waals surface area contributed by atoms with Gasteiger partial charge in [-0.1, -0.05) is 17.7 Å². The van der Waals surface area contributed by atoms with E-state index in [2.05, 4.69) is 6.07 Å². The van der Waals surface area contributed by atoms with Crippen molar-refractivity contribution in [2.24, 2.45) is 0 Å². The molecule has 1 heterocycles. The van der Waals surface area contributed by atoms with Gasteiger partial charge in [-0.2, -0.15) is 0 Å². The molecule has 0 amide bonds. The average molecular weight is 227 g/mol. The van der Waals surface area contributed by atoms with E-state index in [0.717, 1.165) is 25.0 Å². The summed E-state index contributed by atoms with van der Waals surface area (Å²) in [5.41, 5.74) is 2.38. The first kappa shape index (κ1) is 10.8. The molecule has 1 aromatic carbocycles. The third-order valence-electron chi connectivity index (χ3n) is 2.63. The Morgan fingerprint density at radius 1 is 1.53 bits per heavy atom. The Morgan fingerprint density at radius 2 is 2.33 bits per heavy atom. The second-order valence-corrected chi connectivity index (χ2v) is 4.43. The van der Waals surface area contributed by atoms with Crippen molar-refractivity contribution in [2.75, 3.05) is 6.61 Å². The molecule has 0 fully saturated rings. The lowest BCUT2D eigenvalue weighted by atomic mass is 10.0. The van der Waals surface area contributed by atoms with E-state index >= 15 is 0 Å². The molecule has 0 bridgehead atoms. The van der Waals surface area contributed by atoms with Gasteiger partial charge in [0, 0.05) is 13.0 Å². The highest BCUT2D eigenvalue weighted by Crippen LogP contribution is 2.37. The number of aliphatic hydroxyl groups is 1. The first-order valence-electron chi connectivity index (χ1n) is 5.29. The summed E-state index contributed by atoms with van der Waals surface area (Å²) in [5.74, 6) is 0.844. The van der Waals surface area contributed by atoms with Crippen molar-refractivity contribution in [1.29, 1.82) is 0 Å². The summed E-state index contributed by atoms with van der Waals surface area (Å²) in [4.78, 5) is 0. The SMILES string of the molecule is CC1Cc2cc(CCCO)cc(Cl)c2O1. The van der Waals surface area contributed by atoms with Crippen LogP contribution in [-0.2, 0) is 12.8 Å². The van der Waals surface area contributed by atoms with E-state index in [1.807, 2.05) is 13.0 Å². The number of rotatable bonds is 3. The molecule has 1 aliphatic heterocycles. The summed E-state index contributed by atoms with van der Waals surface area (Å²) in [7, 11) is 0. The van der Waals surface area contributed by atoms with Crippen molar-refractivity contribution < 1.29 is 9.84 Å². The zero-order chi connectivity index (χ0) is 10.8. The first-order valence-corrected chi connectivity index (χ1v) is 5.67. The number of aryl methyl sites for hydroxylation is 1. The van der Waals surface area contributed by atoms with E-state index < -0.39 is 0 Å². The second kappa shape index (κ2) is 4.42. The molecule has 1 N–H and O–H groups in total. The average Bonchev–Trinajstić information content (AvgIpc) is 2.56. The molecule has 15 heavy (non-hydrogen) atoms. The van der Waals surface area contributed by atoms with Crippen LogP contribution in [0.1, 0.15) is 24.5 Å². The Hall–Kier alpha value is -0.730. The van der Waals surface area contributed by atoms with Crippen molar-refractivity contribution in [3.63, 3.8) is 0 Å². The van der Waals surface area contributed by atoms with Gasteiger partial charge in [-0.3, -0.25) is 0 Å². The lowest BCUT2D eigenvalue weighted by Gasteiger charge is -2.06. The molecule has 3 heteroatoms. The molecular weight excluding hydrogens is 212 g/mol. The summed E-state index contributed by atoms with van der Waals surface area (Å²) in [5, 5.41) is 9.47. The van der Waals surface area contributed by atoms with Crippen molar-refractivity contribution in [2.45, 2.75) is 32.3 Å². The smallest absolute Gasteiger partial charge is 0.141 e. The highest BCUT2D eigenvalue weighted by molar-refractivity contribution is 6.32. The highest BCUT2D eigenvalue weighted by Gasteiger charge is 2.22. The molecule has 0 aromatic heterocycles. The molecule has 2 rings (SSSR count). The van der Waals surface area contributed by atoms with Crippen LogP contribution < -0.4 is 4.74 Å². The van der Waals surface area contributed by atoms with Gasteiger partial charge in [0.1, 0.15) is 11.9 Å². The Bertz CT molecular complexity index is 363. The van der Waals surface area contributed by atoms with E-state index in [9.17, 15) is 0 Å². The van der Waals surface area contributed by atoms with Crippen molar-refractivity contribution >= 4 is 11.6 Å². The van der Waals surface area contributed by atoms with Crippen molar-refractivity contribution in [3.05, 3.63) is 28.3 Å². The van der Waals surface area contributed by atoms with Crippen LogP contribution >= 0.6 is 11.6 Å². The largest absolute Gasteiger partial charge is 0.489 e. The summed E-state index contributed by atoms with van der Waals surface area (Å²) in [6.45, 7) is 2.27. The summed E-state index contributed by atoms with van der Waals surface area (Å²) < 4.78 is 5.62. The lowest BCUT2D eigenvalue weighted by Crippen LogP contribution is -2.05. The lowest BCUT2D eigenvalue weighted by molar-refractivity contribution is 0.255. The zero-order valence-electron chi connectivity index (χ0n) is 8.79. The quantitative estimate of drug-likeness (QED) is 0.859. The normalized spacial score (nSPS) is 18.7. The molecule has 1 aromatic rings. The monoisotopic (exact) mass is 226 g/mol. The maximum absolute atomic E-state index is 8.77. The predicted octanol–water partition coefficient (Wildman–Crippen LogP) is 2.59. The zero-order valence-corrected chi connectivity index (χ0v) is 9.55. The van der Waals surface area contributed by atoms with Crippen LogP contribution in [0, 0.1) is 0 Å². The molecule has 0 spiro atoms. The van der Waals surface area contributed by atoms with Crippen LogP contribution in [-0.4, -0.2) is 17.8 Å². The van der Waals surface area contributed by atoms with Crippen LogP contribution in [0.15, 0.2) is 12.1 Å². The fourth-order valence-electron chi connectivity index (χ4n) is 1.98. The maximum atomic E-state index is 8.77. The molecule has 2 nitrogen and oxygen atoms in total. The maximum Gasteiger partial charge on any atom is 0.141 e. The Labute approximate surface area is 94.8 Å². The van der Waals surface area contributed by atoms with Gasteiger partial charge in [0.05, 0.1) is 5.02 Å². The first-order chi connectivity index (χ1) is 7.20. The van der Waals surface area contributed by atoms with E-state index in [0.29, 0.717) is 5.02 Å². The highest BCUT2D eigenvalue weighted by atomic mass is 35.5. The van der Waals surface area contributed by atoms with Gasteiger partial charge in [-0.15, -0.1) is 0 Å². The molecule has 1 aliphatic rings. The van der Waals surface area contributed by atoms with Gasteiger partial charge in [-0.05, 0) is 37.0 Å². The van der Waals surface area contributed by atoms with Gasteiger partial charge < -0.3 is 9.84 Å². The van der Waals surface area contributed by atoms with Crippen LogP contribution in [0.2, 0.25) is 5.02 Å². The minimum Gasteiger partial charge on any atom is -0.489 e. The molecule has 1 atom stereocenters. The van der Waals surface area contributed by atoms with E-state index in [1.165, 1.54) is 11.1 Å². The third kappa shape index (κ3) is 2.27. The molecule has 0 aliphatic carbocycles. The number of aliphatic hydroxyl groups excluding tert-OH is 1. The number of hydrogen-bond acceptors (Lipinski definition) is 2. The van der Waals surface area contributed by atoms with Gasteiger partial charge in [0.25, 0.3) is 0 Å². The Morgan fingerprint density at radius 3 is 3.07 bits per heavy atom. The second-order valence-electron chi connectivity index (χ2n) is 4.03. The van der Waals surface area contributed by atoms with Crippen LogP contribution in [0.4, 0.5) is 0 Å². The molecule has 1 unspecified atom stereocenters. The number of fused-ring (bicyclic) bond motifs is 1. The molecular formula is C12H15ClO2. The third-order valence-corrected chi connectivity index (χ3v) is 2.91. The number of benzene rings is 1. The number of hydrogen-bond donors (Lipinski definition) is 1. The van der Waals surface area contributed by atoms with E-state index in [-0.39, 0.29) is 12.7 Å². The number of ether oxygens (including phenoxy) is 1. The minimum absolute atomic E-state index is 0.224. The molecule has 0 saturated heterocycles. The minimum atomic E-state index is 0.224. The van der Waals surface area contributed by atoms with Gasteiger partial charge in [0.15, 0.2) is 0 Å². The molecule has 82 valence electrons. The van der Waals surface area contributed by atoms with Crippen LogP contribution in [0.5, 0.6) is 5.75 Å². The molecule has 0 saturated carbocycles. The standard InChI is InChI=1S/C12H15ClO2/c1-8-5-10-6-9(3-2-4-14)7-11(13)12(10)15-8/h6-8,14H,2-5H2,1H3. The summed E-state index contributed by atoms with van der Waals surface area (Å²) >= 11 is 6.13. The predicted molar refractivity (Wildman–Crippen MR) is 60.7 cm³/mol. The van der Waals surface area contributed by atoms with E-state index in [1.54, 1.807) is 0 Å². The number of halogens is 1. The van der Waals surface area contributed by atoms with Gasteiger partial charge in [0.2, 0.25) is 0 Å². The van der Waals surface area contributed by atoms with Crippen LogP contribution in [0.25, 0.3) is 0 Å². The summed E-state index contributed by atoms with van der Waals surface area (Å²) in [6, 6.07) is 4.08. The molecule has 0 radical (unpaired) electrons. The van der Waals surface area contributed by atoms with Gasteiger partial charge >= 0.3 is 0 Å². The fourth-order valence-corrected chi connectivity index (χ4v) is 2.28. The Balaban J connectivity index is 2.23. The van der Waals surface area contributed by atoms with Crippen LogP contribution in [0.3, 0.4) is 0 Å². The fraction of sp³-hybridized carbons (Fsp3) is 0.500. The summed E-state index contributed by atoms with van der Waals surface area (Å²) in [6.07, 6.45) is 2.82. The van der Waals surface area contributed by atoms with Gasteiger partial charge in [-0.25, -0.2) is 0 Å². The van der Waals surface area contributed by atoms with Crippen molar-refractivity contribution in [3.8, 4) is 5.75 Å². The topological polar surface area (TPSA) is 29.5 Å². The van der Waals surface area contributed by atoms with Crippen molar-refractivity contribution in [1.82, 2.24) is 0 Å². The van der Waals surface area contributed by atoms with E-state index in [4.69, 9.17) is 21.4 Å².